The van der Waals surface area contributed by atoms with Gasteiger partial charge in [0.15, 0.2) is 23.9 Å². The van der Waals surface area contributed by atoms with Crippen molar-refractivity contribution in [2.24, 2.45) is 0 Å². The molecule has 0 fully saturated rings. The highest BCUT2D eigenvalue weighted by molar-refractivity contribution is 9.10. The number of carbonyl (C=O) groups is 2. The number of rotatable bonds is 5. The van der Waals surface area contributed by atoms with Gasteiger partial charge in [0.1, 0.15) is 5.75 Å². The molecule has 0 spiro atoms. The molecule has 7 heteroatoms. The summed E-state index contributed by atoms with van der Waals surface area (Å²) in [4.78, 5) is 24.2. The summed E-state index contributed by atoms with van der Waals surface area (Å²) in [7, 11) is 0. The molecule has 1 amide bonds. The molecule has 0 aliphatic carbocycles. The number of hydrogen-bond donors (Lipinski definition) is 1. The van der Waals surface area contributed by atoms with Gasteiger partial charge in [-0.05, 0) is 48.0 Å². The minimum atomic E-state index is -0.378. The number of hydrogen-bond acceptors (Lipinski definition) is 5. The summed E-state index contributed by atoms with van der Waals surface area (Å²) in [6, 6.07) is 14.7. The van der Waals surface area contributed by atoms with Gasteiger partial charge in [0.2, 0.25) is 6.79 Å². The molecule has 0 unspecified atom stereocenters. The summed E-state index contributed by atoms with van der Waals surface area (Å²) in [5.74, 6) is 0.999. The number of Topliss-reactive ketones (excluding diaryl/α,β-unsaturated/α-hetero) is 1. The van der Waals surface area contributed by atoms with Crippen LogP contribution in [0.15, 0.2) is 53.0 Å². The van der Waals surface area contributed by atoms with E-state index in [2.05, 4.69) is 21.2 Å². The third-order valence-corrected chi connectivity index (χ3v) is 4.80. The summed E-state index contributed by atoms with van der Waals surface area (Å²) in [5.41, 5.74) is 0.725. The molecule has 0 saturated heterocycles. The Labute approximate surface area is 169 Å². The number of ether oxygens (including phenoxy) is 3. The maximum absolute atomic E-state index is 12.3. The molecular formula is C21H16BrNO5. The van der Waals surface area contributed by atoms with E-state index in [0.29, 0.717) is 28.5 Å². The largest absolute Gasteiger partial charge is 0.484 e. The Balaban J connectivity index is 1.46. The van der Waals surface area contributed by atoms with E-state index < -0.39 is 0 Å². The van der Waals surface area contributed by atoms with Gasteiger partial charge < -0.3 is 19.5 Å². The molecule has 4 rings (SSSR count). The highest BCUT2D eigenvalue weighted by atomic mass is 79.9. The molecule has 0 radical (unpaired) electrons. The van der Waals surface area contributed by atoms with E-state index in [1.165, 1.54) is 6.92 Å². The van der Waals surface area contributed by atoms with Gasteiger partial charge in [-0.2, -0.15) is 0 Å². The highest BCUT2D eigenvalue weighted by Gasteiger charge is 2.20. The number of ketones is 1. The van der Waals surface area contributed by atoms with Crippen LogP contribution in [0, 0.1) is 0 Å². The second-order valence-corrected chi connectivity index (χ2v) is 7.21. The number of amides is 1. The molecule has 1 aliphatic heterocycles. The summed E-state index contributed by atoms with van der Waals surface area (Å²) >= 11 is 3.44. The normalized spacial score (nSPS) is 12.1. The molecule has 28 heavy (non-hydrogen) atoms. The zero-order chi connectivity index (χ0) is 19.7. The zero-order valence-corrected chi connectivity index (χ0v) is 16.5. The summed E-state index contributed by atoms with van der Waals surface area (Å²) in [6.07, 6.45) is 0. The van der Waals surface area contributed by atoms with E-state index in [0.717, 1.165) is 15.2 Å². The van der Waals surface area contributed by atoms with Crippen LogP contribution < -0.4 is 19.5 Å². The van der Waals surface area contributed by atoms with Gasteiger partial charge in [0, 0.05) is 16.1 Å². The van der Waals surface area contributed by atoms with Crippen LogP contribution in [0.1, 0.15) is 17.3 Å². The van der Waals surface area contributed by atoms with Crippen LogP contribution >= 0.6 is 15.9 Å². The average molecular weight is 442 g/mol. The van der Waals surface area contributed by atoms with Gasteiger partial charge in [0.05, 0.1) is 5.69 Å². The van der Waals surface area contributed by atoms with Crippen molar-refractivity contribution in [2.75, 3.05) is 18.7 Å². The fourth-order valence-electron chi connectivity index (χ4n) is 2.96. The minimum Gasteiger partial charge on any atom is -0.484 e. The second kappa shape index (κ2) is 7.52. The van der Waals surface area contributed by atoms with Gasteiger partial charge in [-0.25, -0.2) is 0 Å². The molecule has 3 aromatic carbocycles. The topological polar surface area (TPSA) is 73.9 Å². The molecule has 0 aromatic heterocycles. The SMILES string of the molecule is CC(=O)c1cc2c(cc1NC(=O)COc1ccc3cc(Br)ccc3c1)OCO2. The lowest BCUT2D eigenvalue weighted by Gasteiger charge is -2.12. The third kappa shape index (κ3) is 3.80. The van der Waals surface area contributed by atoms with E-state index in [4.69, 9.17) is 14.2 Å². The Morgan fingerprint density at radius 1 is 1.04 bits per heavy atom. The van der Waals surface area contributed by atoms with Crippen molar-refractivity contribution in [3.63, 3.8) is 0 Å². The quantitative estimate of drug-likeness (QED) is 0.587. The molecule has 1 heterocycles. The van der Waals surface area contributed by atoms with E-state index in [1.54, 1.807) is 12.1 Å². The van der Waals surface area contributed by atoms with Crippen molar-refractivity contribution in [3.8, 4) is 17.2 Å². The lowest BCUT2D eigenvalue weighted by Crippen LogP contribution is -2.21. The average Bonchev–Trinajstić information content (AvgIpc) is 3.13. The second-order valence-electron chi connectivity index (χ2n) is 6.30. The molecule has 142 valence electrons. The van der Waals surface area contributed by atoms with E-state index in [1.807, 2.05) is 36.4 Å². The van der Waals surface area contributed by atoms with Gasteiger partial charge in [-0.15, -0.1) is 0 Å². The minimum absolute atomic E-state index is 0.0890. The van der Waals surface area contributed by atoms with Crippen LogP contribution in [0.5, 0.6) is 17.2 Å². The standard InChI is InChI=1S/C21H16BrNO5/c1-12(24)17-8-19-20(28-11-27-19)9-18(17)23-21(25)10-26-16-5-3-13-6-15(22)4-2-14(13)7-16/h2-9H,10-11H2,1H3,(H,23,25). The predicted octanol–water partition coefficient (Wildman–Crippen LogP) is 4.55. The van der Waals surface area contributed by atoms with E-state index >= 15 is 0 Å². The van der Waals surface area contributed by atoms with Crippen molar-refractivity contribution in [1.29, 1.82) is 0 Å². The first-order valence-corrected chi connectivity index (χ1v) is 9.35. The van der Waals surface area contributed by atoms with Crippen LogP contribution in [0.3, 0.4) is 0 Å². The maximum atomic E-state index is 12.3. The lowest BCUT2D eigenvalue weighted by molar-refractivity contribution is -0.118. The van der Waals surface area contributed by atoms with Crippen LogP contribution in [0.4, 0.5) is 5.69 Å². The number of anilines is 1. The third-order valence-electron chi connectivity index (χ3n) is 4.31. The van der Waals surface area contributed by atoms with Crippen LogP contribution in [0.25, 0.3) is 10.8 Å². The van der Waals surface area contributed by atoms with Crippen molar-refractivity contribution in [1.82, 2.24) is 0 Å². The predicted molar refractivity (Wildman–Crippen MR) is 108 cm³/mol. The Bertz CT molecular complexity index is 1100. The Kier molecular flexibility index (Phi) is 4.92. The Morgan fingerprint density at radius 3 is 2.54 bits per heavy atom. The number of carbonyl (C=O) groups excluding carboxylic acids is 2. The van der Waals surface area contributed by atoms with Crippen molar-refractivity contribution in [3.05, 3.63) is 58.6 Å². The zero-order valence-electron chi connectivity index (χ0n) is 15.0. The molecule has 1 N–H and O–H groups in total. The first-order valence-electron chi connectivity index (χ1n) is 8.56. The van der Waals surface area contributed by atoms with Crippen molar-refractivity contribution >= 4 is 44.1 Å². The van der Waals surface area contributed by atoms with Gasteiger partial charge in [-0.3, -0.25) is 9.59 Å². The molecule has 6 nitrogen and oxygen atoms in total. The number of benzene rings is 3. The fourth-order valence-corrected chi connectivity index (χ4v) is 3.34. The van der Waals surface area contributed by atoms with Crippen molar-refractivity contribution in [2.45, 2.75) is 6.92 Å². The Hall–Kier alpha value is -3.06. The molecular weight excluding hydrogens is 426 g/mol. The van der Waals surface area contributed by atoms with Crippen LogP contribution in [0.2, 0.25) is 0 Å². The van der Waals surface area contributed by atoms with Crippen LogP contribution in [-0.2, 0) is 4.79 Å². The van der Waals surface area contributed by atoms with E-state index in [9.17, 15) is 9.59 Å². The molecule has 1 aliphatic rings. The fraction of sp³-hybridized carbons (Fsp3) is 0.143. The lowest BCUT2D eigenvalue weighted by atomic mass is 10.1. The smallest absolute Gasteiger partial charge is 0.262 e. The first-order chi connectivity index (χ1) is 13.5. The summed E-state index contributed by atoms with van der Waals surface area (Å²) < 4.78 is 17.2. The Morgan fingerprint density at radius 2 is 1.75 bits per heavy atom. The van der Waals surface area contributed by atoms with E-state index in [-0.39, 0.29) is 25.1 Å². The molecule has 3 aromatic rings. The number of nitrogens with one attached hydrogen (secondary N) is 1. The number of halogens is 1. The number of fused-ring (bicyclic) bond motifs is 2. The van der Waals surface area contributed by atoms with Gasteiger partial charge in [-0.1, -0.05) is 28.1 Å². The van der Waals surface area contributed by atoms with Crippen molar-refractivity contribution < 1.29 is 23.8 Å². The van der Waals surface area contributed by atoms with Gasteiger partial charge in [0.25, 0.3) is 5.91 Å². The molecule has 0 atom stereocenters. The molecule has 0 saturated carbocycles. The summed E-state index contributed by atoms with van der Waals surface area (Å²) in [6.45, 7) is 1.33. The summed E-state index contributed by atoms with van der Waals surface area (Å²) in [5, 5.41) is 4.79. The molecule has 0 bridgehead atoms. The highest BCUT2D eigenvalue weighted by Crippen LogP contribution is 2.37. The monoisotopic (exact) mass is 441 g/mol. The van der Waals surface area contributed by atoms with Crippen LogP contribution in [-0.4, -0.2) is 25.1 Å². The van der Waals surface area contributed by atoms with Gasteiger partial charge >= 0.3 is 0 Å². The first kappa shape index (κ1) is 18.3. The maximum Gasteiger partial charge on any atom is 0.262 e.